The Bertz CT molecular complexity index is 537. The van der Waals surface area contributed by atoms with Gasteiger partial charge in [0.2, 0.25) is 0 Å². The highest BCUT2D eigenvalue weighted by molar-refractivity contribution is 8.21. The minimum absolute atomic E-state index is 0.0290. The van der Waals surface area contributed by atoms with E-state index < -0.39 is 17.9 Å². The van der Waals surface area contributed by atoms with Crippen LogP contribution in [0.4, 0.5) is 17.6 Å². The van der Waals surface area contributed by atoms with E-state index in [1.165, 1.54) is 18.2 Å². The van der Waals surface area contributed by atoms with E-state index in [0.29, 0.717) is 23.3 Å². The second kappa shape index (κ2) is 6.44. The predicted octanol–water partition coefficient (Wildman–Crippen LogP) is 4.02. The van der Waals surface area contributed by atoms with Crippen LogP contribution in [-0.4, -0.2) is 30.1 Å². The zero-order valence-electron chi connectivity index (χ0n) is 10.8. The Kier molecular flexibility index (Phi) is 5.03. The highest BCUT2D eigenvalue weighted by Gasteiger charge is 2.44. The van der Waals surface area contributed by atoms with Gasteiger partial charge in [0.05, 0.1) is 0 Å². The van der Waals surface area contributed by atoms with Crippen molar-refractivity contribution in [3.8, 4) is 0 Å². The molecule has 1 aromatic carbocycles. The van der Waals surface area contributed by atoms with Crippen molar-refractivity contribution in [1.82, 2.24) is 4.90 Å². The molecule has 1 aliphatic heterocycles. The third kappa shape index (κ3) is 4.03. The smallest absolute Gasteiger partial charge is 0.335 e. The number of carbonyl (C=O) groups excluding carboxylic acids is 1. The van der Waals surface area contributed by atoms with E-state index in [1.54, 1.807) is 0 Å². The number of nitrogens with zero attached hydrogens (tertiary/aromatic N) is 1. The van der Waals surface area contributed by atoms with Gasteiger partial charge in [0.15, 0.2) is 0 Å². The van der Waals surface area contributed by atoms with Crippen LogP contribution in [0.3, 0.4) is 0 Å². The first kappa shape index (κ1) is 16.4. The average molecular weight is 342 g/mol. The van der Waals surface area contributed by atoms with Crippen molar-refractivity contribution >= 4 is 27.6 Å². The maximum absolute atomic E-state index is 13.3. The Hall–Kier alpha value is -0.950. The van der Waals surface area contributed by atoms with Crippen LogP contribution in [0.15, 0.2) is 23.1 Å². The molecular weight excluding hydrogens is 330 g/mol. The fourth-order valence-corrected chi connectivity index (χ4v) is 3.27. The van der Waals surface area contributed by atoms with Crippen molar-refractivity contribution < 1.29 is 22.4 Å². The molecule has 1 saturated heterocycles. The highest BCUT2D eigenvalue weighted by Crippen LogP contribution is 2.31. The van der Waals surface area contributed by atoms with Gasteiger partial charge in [-0.2, -0.15) is 13.2 Å². The van der Waals surface area contributed by atoms with Gasteiger partial charge in [-0.25, -0.2) is 4.39 Å². The number of benzene rings is 1. The molecular formula is C13H12ClF4NOS. The van der Waals surface area contributed by atoms with E-state index in [1.807, 2.05) is 0 Å². The summed E-state index contributed by atoms with van der Waals surface area (Å²) in [5.41, 5.74) is 0.654. The van der Waals surface area contributed by atoms with Gasteiger partial charge in [-0.15, -0.1) is 0 Å². The molecule has 0 spiro atoms. The molecule has 1 atom stereocenters. The molecule has 21 heavy (non-hydrogen) atoms. The Labute approximate surface area is 127 Å². The van der Waals surface area contributed by atoms with E-state index in [9.17, 15) is 22.4 Å². The van der Waals surface area contributed by atoms with Crippen molar-refractivity contribution in [2.45, 2.75) is 23.9 Å². The monoisotopic (exact) mass is 341 g/mol. The molecule has 1 heterocycles. The molecule has 0 N–H and O–H groups in total. The second-order valence-electron chi connectivity index (χ2n) is 4.94. The molecule has 0 bridgehead atoms. The van der Waals surface area contributed by atoms with Crippen molar-refractivity contribution in [1.29, 1.82) is 0 Å². The number of likely N-dealkylation sites (tertiary alicyclic amines) is 1. The summed E-state index contributed by atoms with van der Waals surface area (Å²) in [6.45, 7) is 0.100. The van der Waals surface area contributed by atoms with Crippen molar-refractivity contribution in [3.05, 3.63) is 29.6 Å². The van der Waals surface area contributed by atoms with Crippen molar-refractivity contribution in [2.24, 2.45) is 5.92 Å². The molecule has 0 aromatic heterocycles. The Morgan fingerprint density at radius 2 is 2.14 bits per heavy atom. The fraction of sp³-hybridized carbons (Fsp3) is 0.462. The molecule has 1 aromatic rings. The zero-order valence-corrected chi connectivity index (χ0v) is 12.4. The molecule has 1 aliphatic rings. The Balaban J connectivity index is 2.03. The van der Waals surface area contributed by atoms with Gasteiger partial charge in [-0.3, -0.25) is 4.79 Å². The number of alkyl halides is 3. The first-order valence-corrected chi connectivity index (χ1v) is 7.88. The molecule has 2 nitrogen and oxygen atoms in total. The summed E-state index contributed by atoms with van der Waals surface area (Å²) in [4.78, 5) is 12.6. The minimum atomic E-state index is -4.84. The van der Waals surface area contributed by atoms with Gasteiger partial charge in [-0.05, 0) is 64.2 Å². The first-order chi connectivity index (χ1) is 9.81. The fourth-order valence-electron chi connectivity index (χ4n) is 2.46. The lowest BCUT2D eigenvalue weighted by atomic mass is 9.98. The van der Waals surface area contributed by atoms with Crippen molar-refractivity contribution in [2.75, 3.05) is 13.1 Å². The van der Waals surface area contributed by atoms with Crippen LogP contribution < -0.4 is 0 Å². The zero-order chi connectivity index (χ0) is 15.6. The molecule has 1 fully saturated rings. The Morgan fingerprint density at radius 1 is 1.43 bits per heavy atom. The van der Waals surface area contributed by atoms with Crippen LogP contribution in [0.2, 0.25) is 0 Å². The van der Waals surface area contributed by atoms with Crippen LogP contribution >= 0.6 is 21.7 Å². The first-order valence-electron chi connectivity index (χ1n) is 6.24. The number of hydrogen-bond donors (Lipinski definition) is 0. The summed E-state index contributed by atoms with van der Waals surface area (Å²) in [6, 6.07) is 4.15. The van der Waals surface area contributed by atoms with Crippen LogP contribution in [-0.2, 0) is 11.2 Å². The minimum Gasteiger partial charge on any atom is -0.335 e. The molecule has 0 aliphatic carbocycles. The van der Waals surface area contributed by atoms with Crippen LogP contribution in [0.1, 0.15) is 12.0 Å². The third-order valence-electron chi connectivity index (χ3n) is 3.43. The number of rotatable bonds is 3. The van der Waals surface area contributed by atoms with E-state index in [4.69, 9.17) is 10.7 Å². The van der Waals surface area contributed by atoms with Crippen molar-refractivity contribution in [3.63, 3.8) is 0 Å². The molecule has 0 radical (unpaired) electrons. The SMILES string of the molecule is O=C(N1CC[C@H](Cc2cc(F)ccc2SCl)C1)C(F)(F)F. The third-order valence-corrected chi connectivity index (χ3v) is 4.49. The van der Waals surface area contributed by atoms with Gasteiger partial charge < -0.3 is 4.90 Å². The average Bonchev–Trinajstić information content (AvgIpc) is 2.85. The normalized spacial score (nSPS) is 19.1. The van der Waals surface area contributed by atoms with Gasteiger partial charge in [0.1, 0.15) is 5.82 Å². The molecule has 2 rings (SSSR count). The van der Waals surface area contributed by atoms with Gasteiger partial charge in [-0.1, -0.05) is 0 Å². The summed E-state index contributed by atoms with van der Waals surface area (Å²) in [5, 5.41) is 0. The molecule has 8 heteroatoms. The topological polar surface area (TPSA) is 20.3 Å². The van der Waals surface area contributed by atoms with Crippen LogP contribution in [0.25, 0.3) is 0 Å². The van der Waals surface area contributed by atoms with E-state index >= 15 is 0 Å². The summed E-state index contributed by atoms with van der Waals surface area (Å²) >= 11 is 0. The van der Waals surface area contributed by atoms with Gasteiger partial charge >= 0.3 is 12.1 Å². The van der Waals surface area contributed by atoms with Crippen LogP contribution in [0.5, 0.6) is 0 Å². The Morgan fingerprint density at radius 3 is 2.76 bits per heavy atom. The molecule has 0 unspecified atom stereocenters. The lowest BCUT2D eigenvalue weighted by molar-refractivity contribution is -0.184. The quantitative estimate of drug-likeness (QED) is 0.774. The number of amides is 1. The second-order valence-corrected chi connectivity index (χ2v) is 5.99. The number of halogens is 5. The predicted molar refractivity (Wildman–Crippen MR) is 72.6 cm³/mol. The maximum Gasteiger partial charge on any atom is 0.471 e. The van der Waals surface area contributed by atoms with E-state index in [2.05, 4.69) is 0 Å². The lowest BCUT2D eigenvalue weighted by Gasteiger charge is -2.18. The summed E-state index contributed by atoms with van der Waals surface area (Å²) in [7, 11) is 6.63. The molecule has 1 amide bonds. The highest BCUT2D eigenvalue weighted by atomic mass is 35.7. The summed E-state index contributed by atoms with van der Waals surface area (Å²) in [6.07, 6.45) is -3.98. The standard InChI is InChI=1S/C13H12ClF4NOS/c14-21-11-2-1-10(15)6-9(11)5-8-3-4-19(7-8)12(20)13(16,17)18/h1-2,6,8H,3-5,7H2/t8-/m1/s1. The van der Waals surface area contributed by atoms with Crippen LogP contribution in [0, 0.1) is 11.7 Å². The number of carbonyl (C=O) groups is 1. The number of hydrogen-bond acceptors (Lipinski definition) is 2. The lowest BCUT2D eigenvalue weighted by Crippen LogP contribution is -2.39. The van der Waals surface area contributed by atoms with Gasteiger partial charge in [0.25, 0.3) is 0 Å². The summed E-state index contributed by atoms with van der Waals surface area (Å²) < 4.78 is 50.3. The summed E-state index contributed by atoms with van der Waals surface area (Å²) in [5.74, 6) is -2.35. The largest absolute Gasteiger partial charge is 0.471 e. The molecule has 0 saturated carbocycles. The van der Waals surface area contributed by atoms with E-state index in [-0.39, 0.29) is 19.0 Å². The molecule has 116 valence electrons. The van der Waals surface area contributed by atoms with Gasteiger partial charge in [0, 0.05) is 18.0 Å². The van der Waals surface area contributed by atoms with E-state index in [0.717, 1.165) is 15.9 Å². The maximum atomic E-state index is 13.3.